The Hall–Kier alpha value is -3.91. The summed E-state index contributed by atoms with van der Waals surface area (Å²) >= 11 is 0. The molecule has 1 amide bonds. The minimum Gasteiger partial charge on any atom is -0.436 e. The van der Waals surface area contributed by atoms with Crippen LogP contribution in [0.15, 0.2) is 93.3 Å². The van der Waals surface area contributed by atoms with Crippen LogP contribution in [0.25, 0.3) is 11.0 Å². The van der Waals surface area contributed by atoms with E-state index in [1.807, 2.05) is 32.0 Å². The van der Waals surface area contributed by atoms with E-state index in [4.69, 9.17) is 4.42 Å². The lowest BCUT2D eigenvalue weighted by Gasteiger charge is -2.08. The number of anilines is 1. The monoisotopic (exact) mass is 447 g/mol. The fraction of sp³-hybridized carbons (Fsp3) is 0.0833. The highest BCUT2D eigenvalue weighted by molar-refractivity contribution is 7.89. The molecule has 2 N–H and O–H groups in total. The molecule has 4 aromatic rings. The van der Waals surface area contributed by atoms with Crippen molar-refractivity contribution >= 4 is 32.6 Å². The van der Waals surface area contributed by atoms with E-state index in [0.717, 1.165) is 11.1 Å². The second-order valence-corrected chi connectivity index (χ2v) is 9.00. The van der Waals surface area contributed by atoms with Crippen LogP contribution in [0.3, 0.4) is 0 Å². The minimum absolute atomic E-state index is 0.0540. The number of nitrogens with zero attached hydrogens (tertiary/aromatic N) is 1. The fourth-order valence-electron chi connectivity index (χ4n) is 3.02. The fourth-order valence-corrected chi connectivity index (χ4v) is 3.82. The molecule has 8 heteroatoms. The van der Waals surface area contributed by atoms with Crippen molar-refractivity contribution in [2.45, 2.75) is 18.7 Å². The molecule has 4 rings (SSSR count). The molecule has 0 aliphatic rings. The van der Waals surface area contributed by atoms with Crippen LogP contribution in [-0.2, 0) is 10.0 Å². The third-order valence-corrected chi connectivity index (χ3v) is 6.03. The second-order valence-electron chi connectivity index (χ2n) is 7.34. The summed E-state index contributed by atoms with van der Waals surface area (Å²) in [6.07, 6.45) is 0. The van der Waals surface area contributed by atoms with E-state index in [1.165, 1.54) is 12.1 Å². The highest BCUT2D eigenvalue weighted by Gasteiger charge is 2.16. The summed E-state index contributed by atoms with van der Waals surface area (Å²) in [7, 11) is -3.94. The van der Waals surface area contributed by atoms with Gasteiger partial charge in [0.25, 0.3) is 15.9 Å². The molecule has 1 aromatic heterocycles. The van der Waals surface area contributed by atoms with Crippen LogP contribution in [0.5, 0.6) is 0 Å². The number of nitrogens with one attached hydrogen (secondary N) is 2. The number of hydrogen-bond donors (Lipinski definition) is 2. The van der Waals surface area contributed by atoms with Gasteiger partial charge in [0, 0.05) is 11.1 Å². The van der Waals surface area contributed by atoms with E-state index < -0.39 is 15.9 Å². The van der Waals surface area contributed by atoms with Gasteiger partial charge < -0.3 is 9.73 Å². The standard InChI is InChI=1S/C24H21N3O4S/c1-16-7-11-19(12-8-16)25-23(28)21-15-18-5-3-4-6-22(18)31-24(21)26-27-32(29,30)20-13-9-17(2)10-14-20/h3-15,27H,1-2H3,(H,25,28)/b26-24+. The van der Waals surface area contributed by atoms with Gasteiger partial charge in [-0.05, 0) is 50.2 Å². The quantitative estimate of drug-likeness (QED) is 0.450. The Labute approximate surface area is 185 Å². The Morgan fingerprint density at radius 1 is 0.875 bits per heavy atom. The van der Waals surface area contributed by atoms with E-state index in [0.29, 0.717) is 16.7 Å². The van der Waals surface area contributed by atoms with Crippen LogP contribution in [0.4, 0.5) is 5.69 Å². The van der Waals surface area contributed by atoms with Gasteiger partial charge in [0.15, 0.2) is 0 Å². The smallest absolute Gasteiger partial charge is 0.276 e. The van der Waals surface area contributed by atoms with Gasteiger partial charge in [-0.15, -0.1) is 5.10 Å². The van der Waals surface area contributed by atoms with Gasteiger partial charge in [-0.25, -0.2) is 0 Å². The molecular weight excluding hydrogens is 426 g/mol. The maximum absolute atomic E-state index is 13.0. The Kier molecular flexibility index (Phi) is 5.79. The number of fused-ring (bicyclic) bond motifs is 1. The molecule has 3 aromatic carbocycles. The van der Waals surface area contributed by atoms with Crippen molar-refractivity contribution in [2.75, 3.05) is 5.32 Å². The van der Waals surface area contributed by atoms with Gasteiger partial charge in [-0.3, -0.25) is 4.79 Å². The number of sulfonamides is 1. The van der Waals surface area contributed by atoms with E-state index in [1.54, 1.807) is 48.5 Å². The molecule has 0 radical (unpaired) electrons. The average molecular weight is 448 g/mol. The van der Waals surface area contributed by atoms with Gasteiger partial charge in [0.2, 0.25) is 5.55 Å². The van der Waals surface area contributed by atoms with Crippen molar-refractivity contribution < 1.29 is 17.6 Å². The van der Waals surface area contributed by atoms with Crippen molar-refractivity contribution in [3.63, 3.8) is 0 Å². The molecule has 0 fully saturated rings. The molecule has 0 atom stereocenters. The predicted octanol–water partition coefficient (Wildman–Crippen LogP) is 4.10. The van der Waals surface area contributed by atoms with E-state index in [2.05, 4.69) is 15.2 Å². The highest BCUT2D eigenvalue weighted by atomic mass is 32.2. The summed E-state index contributed by atoms with van der Waals surface area (Å²) in [5.41, 5.74) is 3.00. The molecule has 0 saturated heterocycles. The van der Waals surface area contributed by atoms with Gasteiger partial charge in [0.05, 0.1) is 4.90 Å². The number of aryl methyl sites for hydroxylation is 2. The Morgan fingerprint density at radius 3 is 2.19 bits per heavy atom. The predicted molar refractivity (Wildman–Crippen MR) is 122 cm³/mol. The first-order valence-corrected chi connectivity index (χ1v) is 11.3. The average Bonchev–Trinajstić information content (AvgIpc) is 2.79. The Balaban J connectivity index is 1.74. The topological polar surface area (TPSA) is 101 Å². The number of benzene rings is 3. The molecule has 32 heavy (non-hydrogen) atoms. The van der Waals surface area contributed by atoms with E-state index >= 15 is 0 Å². The molecule has 1 heterocycles. The van der Waals surface area contributed by atoms with Crippen LogP contribution in [0.1, 0.15) is 21.5 Å². The van der Waals surface area contributed by atoms with Crippen LogP contribution >= 0.6 is 0 Å². The number of carbonyl (C=O) groups is 1. The van der Waals surface area contributed by atoms with Gasteiger partial charge in [0.1, 0.15) is 11.1 Å². The first-order chi connectivity index (χ1) is 15.3. The van der Waals surface area contributed by atoms with Crippen molar-refractivity contribution in [3.8, 4) is 0 Å². The van der Waals surface area contributed by atoms with E-state index in [-0.39, 0.29) is 16.0 Å². The van der Waals surface area contributed by atoms with Crippen molar-refractivity contribution in [2.24, 2.45) is 5.10 Å². The summed E-state index contributed by atoms with van der Waals surface area (Å²) < 4.78 is 31.0. The van der Waals surface area contributed by atoms with Gasteiger partial charge >= 0.3 is 0 Å². The Morgan fingerprint density at radius 2 is 1.50 bits per heavy atom. The van der Waals surface area contributed by atoms with Crippen LogP contribution in [0.2, 0.25) is 0 Å². The number of carbonyl (C=O) groups excluding carboxylic acids is 1. The maximum Gasteiger partial charge on any atom is 0.276 e. The molecule has 0 aliphatic heterocycles. The summed E-state index contributed by atoms with van der Waals surface area (Å²) in [5.74, 6) is -0.475. The maximum atomic E-state index is 13.0. The normalized spacial score (nSPS) is 12.0. The van der Waals surface area contributed by atoms with Crippen LogP contribution < -0.4 is 15.7 Å². The first kappa shape index (κ1) is 21.3. The molecule has 0 bridgehead atoms. The number of amides is 1. The Bertz CT molecular complexity index is 1460. The molecule has 0 aliphatic carbocycles. The third-order valence-electron chi connectivity index (χ3n) is 4.81. The van der Waals surface area contributed by atoms with Gasteiger partial charge in [-0.1, -0.05) is 53.6 Å². The van der Waals surface area contributed by atoms with Crippen LogP contribution in [-0.4, -0.2) is 14.3 Å². The summed E-state index contributed by atoms with van der Waals surface area (Å²) in [5, 5.41) is 7.41. The molecule has 0 unspecified atom stereocenters. The SMILES string of the molecule is Cc1ccc(NC(=O)c2cc3ccccc3o/c2=N/NS(=O)(=O)c2ccc(C)cc2)cc1. The number of para-hydroxylation sites is 1. The van der Waals surface area contributed by atoms with Crippen molar-refractivity contribution in [3.05, 3.63) is 101 Å². The number of hydrogen-bond acceptors (Lipinski definition) is 5. The largest absolute Gasteiger partial charge is 0.436 e. The van der Waals surface area contributed by atoms with Crippen molar-refractivity contribution in [1.82, 2.24) is 4.83 Å². The summed E-state index contributed by atoms with van der Waals surface area (Å²) in [6, 6.07) is 22.4. The number of rotatable bonds is 5. The molecule has 7 nitrogen and oxygen atoms in total. The second kappa shape index (κ2) is 8.68. The zero-order valence-corrected chi connectivity index (χ0v) is 18.3. The highest BCUT2D eigenvalue weighted by Crippen LogP contribution is 2.15. The van der Waals surface area contributed by atoms with E-state index in [9.17, 15) is 13.2 Å². The lowest BCUT2D eigenvalue weighted by molar-refractivity contribution is 0.102. The molecule has 0 spiro atoms. The van der Waals surface area contributed by atoms with Gasteiger partial charge in [-0.2, -0.15) is 13.2 Å². The summed E-state index contributed by atoms with van der Waals surface area (Å²) in [4.78, 5) is 15.2. The third kappa shape index (κ3) is 4.70. The lowest BCUT2D eigenvalue weighted by atomic mass is 10.1. The lowest BCUT2D eigenvalue weighted by Crippen LogP contribution is -2.27. The zero-order valence-electron chi connectivity index (χ0n) is 17.5. The van der Waals surface area contributed by atoms with Crippen LogP contribution in [0, 0.1) is 13.8 Å². The molecular formula is C24H21N3O4S. The minimum atomic E-state index is -3.94. The molecule has 162 valence electrons. The summed E-state index contributed by atoms with van der Waals surface area (Å²) in [6.45, 7) is 3.81. The first-order valence-electron chi connectivity index (χ1n) is 9.85. The molecule has 0 saturated carbocycles. The zero-order chi connectivity index (χ0) is 22.7. The van der Waals surface area contributed by atoms with Crippen molar-refractivity contribution in [1.29, 1.82) is 0 Å².